The molecule has 3 rings (SSSR count). The number of carbonyl (C=O) groups excluding carboxylic acids is 1. The van der Waals surface area contributed by atoms with Crippen LogP contribution >= 0.6 is 11.3 Å². The van der Waals surface area contributed by atoms with E-state index in [1.54, 1.807) is 25.3 Å². The molecule has 1 amide bonds. The van der Waals surface area contributed by atoms with E-state index in [0.29, 0.717) is 22.2 Å². The number of hydrogen-bond acceptors (Lipinski definition) is 6. The topological polar surface area (TPSA) is 72.5 Å². The highest BCUT2D eigenvalue weighted by atomic mass is 32.1. The van der Waals surface area contributed by atoms with E-state index < -0.39 is 0 Å². The molecule has 25 heavy (non-hydrogen) atoms. The maximum atomic E-state index is 12.4. The van der Waals surface area contributed by atoms with Crippen LogP contribution in [-0.4, -0.2) is 25.1 Å². The van der Waals surface area contributed by atoms with Crippen LogP contribution in [0, 0.1) is 13.8 Å². The molecule has 1 aromatic heterocycles. The Labute approximate surface area is 149 Å². The quantitative estimate of drug-likeness (QED) is 0.682. The molecule has 0 spiro atoms. The van der Waals surface area contributed by atoms with Crippen LogP contribution in [0.4, 0.5) is 5.13 Å². The van der Waals surface area contributed by atoms with E-state index in [4.69, 9.17) is 9.47 Å². The second kappa shape index (κ2) is 6.98. The molecule has 0 atom stereocenters. The lowest BCUT2D eigenvalue weighted by Crippen LogP contribution is -2.29. The van der Waals surface area contributed by atoms with Crippen LogP contribution in [0.25, 0.3) is 10.2 Å². The maximum Gasteiger partial charge on any atom is 0.273 e. The van der Waals surface area contributed by atoms with Crippen molar-refractivity contribution >= 4 is 32.6 Å². The number of aromatic nitrogens is 1. The standard InChI is InChI=1S/C18H19N3O3S/c1-10-5-8-15-16(11(10)2)19-18(25-15)21-20-17(22)13-7-6-12(23-3)9-14(13)24-4/h5-9H,1-4H3,(H,19,21)(H,20,22). The molecule has 3 aromatic rings. The minimum Gasteiger partial charge on any atom is -0.497 e. The molecule has 0 bridgehead atoms. The van der Waals surface area contributed by atoms with Gasteiger partial charge in [-0.3, -0.25) is 15.6 Å². The summed E-state index contributed by atoms with van der Waals surface area (Å²) in [5.74, 6) is 0.749. The highest BCUT2D eigenvalue weighted by Crippen LogP contribution is 2.29. The van der Waals surface area contributed by atoms with Crippen molar-refractivity contribution in [2.24, 2.45) is 0 Å². The van der Waals surface area contributed by atoms with Gasteiger partial charge in [0, 0.05) is 6.07 Å². The number of anilines is 1. The van der Waals surface area contributed by atoms with Gasteiger partial charge in [-0.25, -0.2) is 4.98 Å². The van der Waals surface area contributed by atoms with Crippen molar-refractivity contribution in [3.8, 4) is 11.5 Å². The molecular formula is C18H19N3O3S. The highest BCUT2D eigenvalue weighted by Gasteiger charge is 2.14. The molecule has 0 saturated carbocycles. The Balaban J connectivity index is 1.77. The lowest BCUT2D eigenvalue weighted by Gasteiger charge is -2.10. The van der Waals surface area contributed by atoms with Gasteiger partial charge in [0.1, 0.15) is 11.5 Å². The summed E-state index contributed by atoms with van der Waals surface area (Å²) in [5.41, 5.74) is 9.23. The van der Waals surface area contributed by atoms with Crippen LogP contribution in [0.5, 0.6) is 11.5 Å². The van der Waals surface area contributed by atoms with Crippen LogP contribution in [0.2, 0.25) is 0 Å². The lowest BCUT2D eigenvalue weighted by atomic mass is 10.1. The van der Waals surface area contributed by atoms with E-state index in [-0.39, 0.29) is 5.91 Å². The normalized spacial score (nSPS) is 10.6. The summed E-state index contributed by atoms with van der Waals surface area (Å²) >= 11 is 1.49. The molecule has 0 fully saturated rings. The SMILES string of the molecule is COc1ccc(C(=O)NNc2nc3c(C)c(C)ccc3s2)c(OC)c1. The number of ether oxygens (including phenoxy) is 2. The molecule has 0 aliphatic heterocycles. The summed E-state index contributed by atoms with van der Waals surface area (Å²) in [7, 11) is 3.07. The first kappa shape index (κ1) is 17.0. The fourth-order valence-corrected chi connectivity index (χ4v) is 3.32. The third kappa shape index (κ3) is 3.36. The molecule has 2 N–H and O–H groups in total. The predicted molar refractivity (Wildman–Crippen MR) is 99.7 cm³/mol. The number of aryl methyl sites for hydroxylation is 2. The van der Waals surface area contributed by atoms with Crippen molar-refractivity contribution in [1.29, 1.82) is 0 Å². The number of nitrogens with zero attached hydrogens (tertiary/aromatic N) is 1. The Bertz CT molecular complexity index is 937. The molecule has 130 valence electrons. The lowest BCUT2D eigenvalue weighted by molar-refractivity contribution is 0.0959. The van der Waals surface area contributed by atoms with Gasteiger partial charge in [-0.1, -0.05) is 17.4 Å². The van der Waals surface area contributed by atoms with Crippen LogP contribution < -0.4 is 20.3 Å². The van der Waals surface area contributed by atoms with Crippen molar-refractivity contribution in [3.63, 3.8) is 0 Å². The first-order valence-electron chi connectivity index (χ1n) is 7.68. The van der Waals surface area contributed by atoms with Crippen LogP contribution in [0.15, 0.2) is 30.3 Å². The Morgan fingerprint density at radius 1 is 1.12 bits per heavy atom. The minimum absolute atomic E-state index is 0.313. The van der Waals surface area contributed by atoms with Crippen molar-refractivity contribution in [2.45, 2.75) is 13.8 Å². The van der Waals surface area contributed by atoms with Gasteiger partial charge in [0.2, 0.25) is 5.13 Å². The average Bonchev–Trinajstić information content (AvgIpc) is 3.06. The first-order chi connectivity index (χ1) is 12.0. The molecule has 6 nitrogen and oxygen atoms in total. The van der Waals surface area contributed by atoms with E-state index in [9.17, 15) is 4.79 Å². The summed E-state index contributed by atoms with van der Waals surface area (Å²) in [6.45, 7) is 4.10. The van der Waals surface area contributed by atoms with Crippen LogP contribution in [0.1, 0.15) is 21.5 Å². The number of nitrogens with one attached hydrogen (secondary N) is 2. The molecule has 0 saturated heterocycles. The van der Waals surface area contributed by atoms with E-state index in [2.05, 4.69) is 28.8 Å². The number of fused-ring (bicyclic) bond motifs is 1. The molecule has 1 heterocycles. The Morgan fingerprint density at radius 3 is 2.64 bits per heavy atom. The summed E-state index contributed by atoms with van der Waals surface area (Å²) in [5, 5.41) is 0.629. The Kier molecular flexibility index (Phi) is 4.76. The summed E-state index contributed by atoms with van der Waals surface area (Å²) < 4.78 is 11.5. The molecule has 0 aliphatic rings. The van der Waals surface area contributed by atoms with Crippen molar-refractivity contribution in [1.82, 2.24) is 10.4 Å². The van der Waals surface area contributed by atoms with Gasteiger partial charge in [0.15, 0.2) is 0 Å². The minimum atomic E-state index is -0.313. The predicted octanol–water partition coefficient (Wildman–Crippen LogP) is 3.69. The fourth-order valence-electron chi connectivity index (χ4n) is 2.44. The highest BCUT2D eigenvalue weighted by molar-refractivity contribution is 7.22. The van der Waals surface area contributed by atoms with E-state index in [1.807, 2.05) is 13.0 Å². The number of carbonyl (C=O) groups is 1. The Morgan fingerprint density at radius 2 is 1.92 bits per heavy atom. The second-order valence-corrected chi connectivity index (χ2v) is 6.55. The number of amides is 1. The largest absolute Gasteiger partial charge is 0.497 e. The molecule has 2 aromatic carbocycles. The third-order valence-electron chi connectivity index (χ3n) is 4.02. The zero-order valence-corrected chi connectivity index (χ0v) is 15.3. The van der Waals surface area contributed by atoms with Gasteiger partial charge in [-0.15, -0.1) is 0 Å². The summed E-state index contributed by atoms with van der Waals surface area (Å²) in [4.78, 5) is 17.0. The van der Waals surface area contributed by atoms with Gasteiger partial charge in [-0.05, 0) is 43.2 Å². The maximum absolute atomic E-state index is 12.4. The molecule has 0 radical (unpaired) electrons. The molecule has 7 heteroatoms. The smallest absolute Gasteiger partial charge is 0.273 e. The van der Waals surface area contributed by atoms with Gasteiger partial charge in [-0.2, -0.15) is 0 Å². The van der Waals surface area contributed by atoms with E-state index in [0.717, 1.165) is 15.8 Å². The Hall–Kier alpha value is -2.80. The van der Waals surface area contributed by atoms with E-state index in [1.165, 1.54) is 24.0 Å². The second-order valence-electron chi connectivity index (χ2n) is 5.52. The monoisotopic (exact) mass is 357 g/mol. The molecule has 0 aliphatic carbocycles. The number of thiazole rings is 1. The first-order valence-corrected chi connectivity index (χ1v) is 8.50. The van der Waals surface area contributed by atoms with Crippen molar-refractivity contribution < 1.29 is 14.3 Å². The van der Waals surface area contributed by atoms with Crippen molar-refractivity contribution in [3.05, 3.63) is 47.0 Å². The zero-order chi connectivity index (χ0) is 18.0. The third-order valence-corrected chi connectivity index (χ3v) is 4.96. The number of benzene rings is 2. The van der Waals surface area contributed by atoms with Gasteiger partial charge in [0.05, 0.1) is 30.0 Å². The van der Waals surface area contributed by atoms with Gasteiger partial charge >= 0.3 is 0 Å². The fraction of sp³-hybridized carbons (Fsp3) is 0.222. The van der Waals surface area contributed by atoms with Crippen molar-refractivity contribution in [2.75, 3.05) is 19.6 Å². The zero-order valence-electron chi connectivity index (χ0n) is 14.5. The van der Waals surface area contributed by atoms with Crippen LogP contribution in [0.3, 0.4) is 0 Å². The number of hydrazine groups is 1. The molecular weight excluding hydrogens is 338 g/mol. The van der Waals surface area contributed by atoms with E-state index >= 15 is 0 Å². The number of rotatable bonds is 5. The van der Waals surface area contributed by atoms with Gasteiger partial charge < -0.3 is 9.47 Å². The van der Waals surface area contributed by atoms with Crippen LogP contribution in [-0.2, 0) is 0 Å². The summed E-state index contributed by atoms with van der Waals surface area (Å²) in [6.07, 6.45) is 0. The average molecular weight is 357 g/mol. The summed E-state index contributed by atoms with van der Waals surface area (Å²) in [6, 6.07) is 9.13. The molecule has 0 unspecified atom stereocenters. The number of hydrogen-bond donors (Lipinski definition) is 2. The van der Waals surface area contributed by atoms with Gasteiger partial charge in [0.25, 0.3) is 5.91 Å². The number of methoxy groups -OCH3 is 2.